The Balaban J connectivity index is 3.84. The number of carbonyl (C=O) groups is 2. The van der Waals surface area contributed by atoms with Crippen molar-refractivity contribution in [3.8, 4) is 0 Å². The van der Waals surface area contributed by atoms with Crippen LogP contribution in [0.4, 0.5) is 0 Å². The van der Waals surface area contributed by atoms with E-state index in [2.05, 4.69) is 19.2 Å². The fourth-order valence-corrected chi connectivity index (χ4v) is 1.13. The standard InChI is InChI=1S/C10H19NO4/c1-7(2)5-6-11-8(10(14)15)3-4-9(12)13/h7-8,11H,3-6H2,1-2H3,(H,12,13)(H,14,15)/t8-/m0/s1. The van der Waals surface area contributed by atoms with Gasteiger partial charge in [0.15, 0.2) is 0 Å². The predicted molar refractivity (Wildman–Crippen MR) is 55.8 cm³/mol. The van der Waals surface area contributed by atoms with Crippen LogP contribution in [0.5, 0.6) is 0 Å². The van der Waals surface area contributed by atoms with Crippen LogP contribution in [0.2, 0.25) is 0 Å². The summed E-state index contributed by atoms with van der Waals surface area (Å²) in [5.41, 5.74) is 0. The van der Waals surface area contributed by atoms with E-state index < -0.39 is 18.0 Å². The van der Waals surface area contributed by atoms with Gasteiger partial charge in [0.25, 0.3) is 0 Å². The summed E-state index contributed by atoms with van der Waals surface area (Å²) in [6.45, 7) is 4.71. The van der Waals surface area contributed by atoms with E-state index in [4.69, 9.17) is 10.2 Å². The second-order valence-electron chi connectivity index (χ2n) is 3.96. The number of hydrogen-bond donors (Lipinski definition) is 3. The fraction of sp³-hybridized carbons (Fsp3) is 0.800. The van der Waals surface area contributed by atoms with Crippen molar-refractivity contribution < 1.29 is 19.8 Å². The van der Waals surface area contributed by atoms with E-state index in [1.807, 2.05) is 0 Å². The van der Waals surface area contributed by atoms with Gasteiger partial charge >= 0.3 is 11.9 Å². The van der Waals surface area contributed by atoms with Crippen LogP contribution in [-0.4, -0.2) is 34.7 Å². The van der Waals surface area contributed by atoms with Crippen LogP contribution < -0.4 is 5.32 Å². The minimum Gasteiger partial charge on any atom is -0.481 e. The molecule has 15 heavy (non-hydrogen) atoms. The van der Waals surface area contributed by atoms with E-state index in [0.717, 1.165) is 6.42 Å². The van der Waals surface area contributed by atoms with Crippen molar-refractivity contribution in [3.63, 3.8) is 0 Å². The predicted octanol–water partition coefficient (Wildman–Crippen LogP) is 0.940. The molecule has 1 atom stereocenters. The summed E-state index contributed by atoms with van der Waals surface area (Å²) >= 11 is 0. The molecule has 0 amide bonds. The highest BCUT2D eigenvalue weighted by Crippen LogP contribution is 2.01. The highest BCUT2D eigenvalue weighted by atomic mass is 16.4. The van der Waals surface area contributed by atoms with Crippen LogP contribution in [0.25, 0.3) is 0 Å². The summed E-state index contributed by atoms with van der Waals surface area (Å²) in [5, 5.41) is 20.1. The maximum atomic E-state index is 10.7. The molecular formula is C10H19NO4. The van der Waals surface area contributed by atoms with Gasteiger partial charge in [0, 0.05) is 6.42 Å². The largest absolute Gasteiger partial charge is 0.481 e. The van der Waals surface area contributed by atoms with Crippen molar-refractivity contribution in [2.75, 3.05) is 6.54 Å². The van der Waals surface area contributed by atoms with E-state index >= 15 is 0 Å². The average molecular weight is 217 g/mol. The summed E-state index contributed by atoms with van der Waals surface area (Å²) in [6, 6.07) is -0.750. The van der Waals surface area contributed by atoms with Crippen LogP contribution in [-0.2, 0) is 9.59 Å². The Bertz CT molecular complexity index is 215. The Kier molecular flexibility index (Phi) is 6.70. The molecule has 0 spiro atoms. The molecule has 0 fully saturated rings. The van der Waals surface area contributed by atoms with Gasteiger partial charge in [0.1, 0.15) is 6.04 Å². The molecule has 0 saturated heterocycles. The van der Waals surface area contributed by atoms with Crippen molar-refractivity contribution in [3.05, 3.63) is 0 Å². The summed E-state index contributed by atoms with van der Waals surface area (Å²) in [5.74, 6) is -1.45. The molecule has 5 nitrogen and oxygen atoms in total. The number of rotatable bonds is 8. The Morgan fingerprint density at radius 2 is 1.80 bits per heavy atom. The molecular weight excluding hydrogens is 198 g/mol. The molecule has 0 radical (unpaired) electrons. The van der Waals surface area contributed by atoms with Crippen molar-refractivity contribution >= 4 is 11.9 Å². The Morgan fingerprint density at radius 1 is 1.20 bits per heavy atom. The molecule has 0 aromatic carbocycles. The first-order valence-corrected chi connectivity index (χ1v) is 5.11. The average Bonchev–Trinajstić information content (AvgIpc) is 2.09. The monoisotopic (exact) mass is 217 g/mol. The lowest BCUT2D eigenvalue weighted by molar-refractivity contribution is -0.140. The van der Waals surface area contributed by atoms with Gasteiger partial charge < -0.3 is 15.5 Å². The van der Waals surface area contributed by atoms with Crippen molar-refractivity contribution in [2.24, 2.45) is 5.92 Å². The normalized spacial score (nSPS) is 12.7. The number of carboxylic acid groups (broad SMARTS) is 2. The van der Waals surface area contributed by atoms with Gasteiger partial charge in [-0.05, 0) is 25.3 Å². The van der Waals surface area contributed by atoms with Gasteiger partial charge in [-0.15, -0.1) is 0 Å². The van der Waals surface area contributed by atoms with Crippen molar-refractivity contribution in [2.45, 2.75) is 39.2 Å². The Hall–Kier alpha value is -1.10. The van der Waals surface area contributed by atoms with E-state index in [1.165, 1.54) is 0 Å². The third-order valence-corrected chi connectivity index (χ3v) is 2.06. The number of hydrogen-bond acceptors (Lipinski definition) is 3. The highest BCUT2D eigenvalue weighted by molar-refractivity contribution is 5.75. The fourth-order valence-electron chi connectivity index (χ4n) is 1.13. The molecule has 0 saturated carbocycles. The second kappa shape index (κ2) is 7.23. The number of nitrogens with one attached hydrogen (secondary N) is 1. The van der Waals surface area contributed by atoms with Crippen molar-refractivity contribution in [1.29, 1.82) is 0 Å². The molecule has 0 aliphatic rings. The molecule has 0 bridgehead atoms. The first kappa shape index (κ1) is 13.9. The molecule has 0 unspecified atom stereocenters. The minimum atomic E-state index is -0.986. The molecule has 0 aliphatic heterocycles. The van der Waals surface area contributed by atoms with Gasteiger partial charge in [-0.3, -0.25) is 9.59 Å². The summed E-state index contributed by atoms with van der Waals surface area (Å²) in [7, 11) is 0. The maximum Gasteiger partial charge on any atom is 0.320 e. The lowest BCUT2D eigenvalue weighted by Gasteiger charge is -2.14. The van der Waals surface area contributed by atoms with E-state index in [0.29, 0.717) is 12.5 Å². The smallest absolute Gasteiger partial charge is 0.320 e. The SMILES string of the molecule is CC(C)CCN[C@@H](CCC(=O)O)C(=O)O. The zero-order chi connectivity index (χ0) is 11.8. The summed E-state index contributed by atoms with van der Waals surface area (Å²) in [4.78, 5) is 21.0. The topological polar surface area (TPSA) is 86.6 Å². The molecule has 0 aromatic heterocycles. The van der Waals surface area contributed by atoms with Gasteiger partial charge in [-0.25, -0.2) is 0 Å². The third kappa shape index (κ3) is 7.93. The molecule has 0 aromatic rings. The highest BCUT2D eigenvalue weighted by Gasteiger charge is 2.17. The molecule has 0 aliphatic carbocycles. The van der Waals surface area contributed by atoms with Gasteiger partial charge in [0.2, 0.25) is 0 Å². The zero-order valence-electron chi connectivity index (χ0n) is 9.19. The summed E-state index contributed by atoms with van der Waals surface area (Å²) in [6.07, 6.45) is 0.894. The van der Waals surface area contributed by atoms with Crippen molar-refractivity contribution in [1.82, 2.24) is 5.32 Å². The zero-order valence-corrected chi connectivity index (χ0v) is 9.19. The number of aliphatic carboxylic acids is 2. The quantitative estimate of drug-likeness (QED) is 0.563. The van der Waals surface area contributed by atoms with E-state index in [9.17, 15) is 9.59 Å². The van der Waals surface area contributed by atoms with Crippen LogP contribution in [0, 0.1) is 5.92 Å². The van der Waals surface area contributed by atoms with Crippen LogP contribution in [0.3, 0.4) is 0 Å². The summed E-state index contributed by atoms with van der Waals surface area (Å²) < 4.78 is 0. The van der Waals surface area contributed by atoms with Crippen LogP contribution in [0.15, 0.2) is 0 Å². The van der Waals surface area contributed by atoms with E-state index in [-0.39, 0.29) is 12.8 Å². The van der Waals surface area contributed by atoms with Crippen LogP contribution in [0.1, 0.15) is 33.1 Å². The number of carboxylic acids is 2. The minimum absolute atomic E-state index is 0.119. The van der Waals surface area contributed by atoms with Gasteiger partial charge in [-0.1, -0.05) is 13.8 Å². The lowest BCUT2D eigenvalue weighted by atomic mass is 10.1. The lowest BCUT2D eigenvalue weighted by Crippen LogP contribution is -2.38. The first-order chi connectivity index (χ1) is 6.93. The molecule has 5 heteroatoms. The van der Waals surface area contributed by atoms with Gasteiger partial charge in [0.05, 0.1) is 0 Å². The van der Waals surface area contributed by atoms with E-state index in [1.54, 1.807) is 0 Å². The first-order valence-electron chi connectivity index (χ1n) is 5.11. The van der Waals surface area contributed by atoms with Gasteiger partial charge in [-0.2, -0.15) is 0 Å². The molecule has 88 valence electrons. The molecule has 0 rings (SSSR count). The Morgan fingerprint density at radius 3 is 2.20 bits per heavy atom. The third-order valence-electron chi connectivity index (χ3n) is 2.06. The molecule has 3 N–H and O–H groups in total. The second-order valence-corrected chi connectivity index (χ2v) is 3.96. The maximum absolute atomic E-state index is 10.7. The van der Waals surface area contributed by atoms with Crippen LogP contribution >= 0.6 is 0 Å². The Labute approximate surface area is 89.5 Å². The molecule has 0 heterocycles.